The molecule has 0 bridgehead atoms. The van der Waals surface area contributed by atoms with Crippen LogP contribution in [-0.2, 0) is 6.42 Å². The Labute approximate surface area is 92.3 Å². The van der Waals surface area contributed by atoms with Gasteiger partial charge >= 0.3 is 0 Å². The zero-order chi connectivity index (χ0) is 12.3. The van der Waals surface area contributed by atoms with E-state index in [9.17, 15) is 17.6 Å². The number of benzene rings is 1. The van der Waals surface area contributed by atoms with Crippen LogP contribution in [0.15, 0.2) is 0 Å². The third-order valence-electron chi connectivity index (χ3n) is 2.60. The van der Waals surface area contributed by atoms with E-state index in [1.807, 2.05) is 6.92 Å². The zero-order valence-corrected chi connectivity index (χ0v) is 9.34. The Morgan fingerprint density at radius 1 is 0.812 bits per heavy atom. The molecule has 0 fully saturated rings. The molecule has 0 saturated heterocycles. The van der Waals surface area contributed by atoms with Gasteiger partial charge in [-0.1, -0.05) is 19.8 Å². The molecule has 1 rings (SSSR count). The molecule has 0 aromatic heterocycles. The number of rotatable bonds is 4. The van der Waals surface area contributed by atoms with Gasteiger partial charge in [-0.25, -0.2) is 17.6 Å². The second-order valence-electron chi connectivity index (χ2n) is 3.82. The predicted molar refractivity (Wildman–Crippen MR) is 54.2 cm³/mol. The quantitative estimate of drug-likeness (QED) is 0.414. The molecule has 0 aliphatic rings. The van der Waals surface area contributed by atoms with Crippen LogP contribution in [0.4, 0.5) is 17.6 Å². The van der Waals surface area contributed by atoms with Crippen molar-refractivity contribution in [3.8, 4) is 0 Å². The molecule has 0 nitrogen and oxygen atoms in total. The van der Waals surface area contributed by atoms with E-state index in [4.69, 9.17) is 0 Å². The predicted octanol–water partition coefficient (Wildman–Crippen LogP) is 4.28. The topological polar surface area (TPSA) is 0 Å². The molecule has 16 heavy (non-hydrogen) atoms. The zero-order valence-electron chi connectivity index (χ0n) is 9.34. The summed E-state index contributed by atoms with van der Waals surface area (Å²) in [5.41, 5.74) is -1.08. The Bertz CT molecular complexity index is 356. The van der Waals surface area contributed by atoms with E-state index in [1.54, 1.807) is 0 Å². The molecule has 1 aromatic carbocycles. The highest BCUT2D eigenvalue weighted by Gasteiger charge is 2.22. The van der Waals surface area contributed by atoms with Crippen LogP contribution in [0.2, 0.25) is 0 Å². The van der Waals surface area contributed by atoms with Gasteiger partial charge in [-0.15, -0.1) is 0 Å². The lowest BCUT2D eigenvalue weighted by atomic mass is 10.0. The average molecular weight is 234 g/mol. The van der Waals surface area contributed by atoms with Crippen LogP contribution in [0.5, 0.6) is 0 Å². The van der Waals surface area contributed by atoms with Crippen LogP contribution in [-0.4, -0.2) is 0 Å². The molecule has 0 radical (unpaired) electrons. The largest absolute Gasteiger partial charge is 0.203 e. The maximum Gasteiger partial charge on any atom is 0.165 e. The lowest BCUT2D eigenvalue weighted by Gasteiger charge is -2.09. The van der Waals surface area contributed by atoms with Crippen molar-refractivity contribution in [3.05, 3.63) is 34.4 Å². The summed E-state index contributed by atoms with van der Waals surface area (Å²) in [6.45, 7) is 2.95. The summed E-state index contributed by atoms with van der Waals surface area (Å²) in [6.07, 6.45) is 2.20. The second-order valence-corrected chi connectivity index (χ2v) is 3.82. The third kappa shape index (κ3) is 2.36. The Hall–Kier alpha value is -1.06. The van der Waals surface area contributed by atoms with Crippen LogP contribution in [0.3, 0.4) is 0 Å². The Balaban J connectivity index is 3.08. The van der Waals surface area contributed by atoms with Gasteiger partial charge in [0.2, 0.25) is 0 Å². The maximum atomic E-state index is 13.3. The van der Waals surface area contributed by atoms with E-state index < -0.39 is 34.4 Å². The van der Waals surface area contributed by atoms with Gasteiger partial charge in [0.1, 0.15) is 0 Å². The average Bonchev–Trinajstić information content (AvgIpc) is 2.28. The minimum atomic E-state index is -1.29. The van der Waals surface area contributed by atoms with Crippen molar-refractivity contribution in [1.29, 1.82) is 0 Å². The summed E-state index contributed by atoms with van der Waals surface area (Å²) in [4.78, 5) is 0. The number of unbranched alkanes of at least 4 members (excludes halogenated alkanes) is 2. The first-order valence-electron chi connectivity index (χ1n) is 5.32. The first-order chi connectivity index (χ1) is 7.50. The summed E-state index contributed by atoms with van der Waals surface area (Å²) in [7, 11) is 0. The summed E-state index contributed by atoms with van der Waals surface area (Å²) < 4.78 is 53.0. The van der Waals surface area contributed by atoms with Gasteiger partial charge in [0, 0.05) is 11.1 Å². The van der Waals surface area contributed by atoms with Gasteiger partial charge < -0.3 is 0 Å². The summed E-state index contributed by atoms with van der Waals surface area (Å²) >= 11 is 0. The highest BCUT2D eigenvalue weighted by Crippen LogP contribution is 2.24. The van der Waals surface area contributed by atoms with E-state index in [-0.39, 0.29) is 6.42 Å². The molecule has 0 aliphatic carbocycles. The van der Waals surface area contributed by atoms with Crippen LogP contribution in [0.1, 0.15) is 37.3 Å². The van der Waals surface area contributed by atoms with Crippen molar-refractivity contribution in [2.45, 2.75) is 39.5 Å². The SMILES string of the molecule is CCCCCc1c(F)c(F)c(C)c(F)c1F. The molecule has 0 unspecified atom stereocenters. The molecule has 0 spiro atoms. The highest BCUT2D eigenvalue weighted by molar-refractivity contribution is 5.29. The summed E-state index contributed by atoms with van der Waals surface area (Å²) in [5.74, 6) is -5.09. The van der Waals surface area contributed by atoms with Gasteiger partial charge in [0.05, 0.1) is 0 Å². The lowest BCUT2D eigenvalue weighted by molar-refractivity contribution is 0.428. The molecule has 0 aliphatic heterocycles. The summed E-state index contributed by atoms with van der Waals surface area (Å²) in [6, 6.07) is 0. The molecule has 0 N–H and O–H groups in total. The normalized spacial score (nSPS) is 10.9. The molecular formula is C12H14F4. The number of halogens is 4. The van der Waals surface area contributed by atoms with E-state index >= 15 is 0 Å². The van der Waals surface area contributed by atoms with Gasteiger partial charge in [0.15, 0.2) is 23.3 Å². The molecule has 0 atom stereocenters. The maximum absolute atomic E-state index is 13.3. The molecular weight excluding hydrogens is 220 g/mol. The first-order valence-corrected chi connectivity index (χ1v) is 5.32. The van der Waals surface area contributed by atoms with E-state index in [0.717, 1.165) is 19.8 Å². The van der Waals surface area contributed by atoms with Crippen LogP contribution < -0.4 is 0 Å². The van der Waals surface area contributed by atoms with Crippen LogP contribution >= 0.6 is 0 Å². The fourth-order valence-corrected chi connectivity index (χ4v) is 1.56. The molecule has 0 amide bonds. The van der Waals surface area contributed by atoms with Gasteiger partial charge in [-0.05, 0) is 19.8 Å². The highest BCUT2D eigenvalue weighted by atomic mass is 19.2. The van der Waals surface area contributed by atoms with Gasteiger partial charge in [0.25, 0.3) is 0 Å². The smallest absolute Gasteiger partial charge is 0.165 e. The van der Waals surface area contributed by atoms with E-state index in [2.05, 4.69) is 0 Å². The minimum Gasteiger partial charge on any atom is -0.203 e. The molecule has 1 aromatic rings. The van der Waals surface area contributed by atoms with E-state index in [0.29, 0.717) is 6.42 Å². The Morgan fingerprint density at radius 3 is 1.75 bits per heavy atom. The van der Waals surface area contributed by atoms with Crippen LogP contribution in [0.25, 0.3) is 0 Å². The van der Waals surface area contributed by atoms with Crippen molar-refractivity contribution in [2.24, 2.45) is 0 Å². The van der Waals surface area contributed by atoms with Gasteiger partial charge in [-0.3, -0.25) is 0 Å². The summed E-state index contributed by atoms with van der Waals surface area (Å²) in [5, 5.41) is 0. The molecule has 90 valence electrons. The standard InChI is InChI=1S/C12H14F4/c1-3-4-5-6-8-11(15)9(13)7(2)10(14)12(8)16/h3-6H2,1-2H3. The first kappa shape index (κ1) is 13.0. The Kier molecular flexibility index (Phi) is 4.33. The fraction of sp³-hybridized carbons (Fsp3) is 0.500. The molecule has 0 heterocycles. The van der Waals surface area contributed by atoms with Crippen molar-refractivity contribution in [1.82, 2.24) is 0 Å². The number of hydrogen-bond donors (Lipinski definition) is 0. The second kappa shape index (κ2) is 5.32. The lowest BCUT2D eigenvalue weighted by Crippen LogP contribution is -2.06. The van der Waals surface area contributed by atoms with Crippen molar-refractivity contribution in [3.63, 3.8) is 0 Å². The van der Waals surface area contributed by atoms with Crippen molar-refractivity contribution >= 4 is 0 Å². The van der Waals surface area contributed by atoms with Crippen molar-refractivity contribution < 1.29 is 17.6 Å². The minimum absolute atomic E-state index is 0.0274. The fourth-order valence-electron chi connectivity index (χ4n) is 1.56. The monoisotopic (exact) mass is 234 g/mol. The molecule has 0 saturated carbocycles. The number of hydrogen-bond acceptors (Lipinski definition) is 0. The van der Waals surface area contributed by atoms with Crippen LogP contribution in [0, 0.1) is 30.2 Å². The van der Waals surface area contributed by atoms with Crippen molar-refractivity contribution in [2.75, 3.05) is 0 Å². The van der Waals surface area contributed by atoms with E-state index in [1.165, 1.54) is 0 Å². The third-order valence-corrected chi connectivity index (χ3v) is 2.60. The molecule has 4 heteroatoms. The van der Waals surface area contributed by atoms with Gasteiger partial charge in [-0.2, -0.15) is 0 Å². The Morgan fingerprint density at radius 2 is 1.31 bits per heavy atom.